The summed E-state index contributed by atoms with van der Waals surface area (Å²) in [6, 6.07) is 27.2. The fourth-order valence-corrected chi connectivity index (χ4v) is 3.30. The molecule has 0 spiro atoms. The molecule has 0 unspecified atom stereocenters. The maximum Gasteiger partial charge on any atom is 0.282 e. The van der Waals surface area contributed by atoms with Gasteiger partial charge in [0.1, 0.15) is 0 Å². The van der Waals surface area contributed by atoms with Crippen molar-refractivity contribution < 1.29 is 0 Å². The third kappa shape index (κ3) is 2.70. The molecule has 0 saturated heterocycles. The number of nitrogens with zero attached hydrogens (tertiary/aromatic N) is 4. The fourth-order valence-electron chi connectivity index (χ4n) is 3.30. The van der Waals surface area contributed by atoms with Crippen molar-refractivity contribution in [3.63, 3.8) is 0 Å². The molecule has 0 bridgehead atoms. The molecule has 0 N–H and O–H groups in total. The molecule has 0 amide bonds. The summed E-state index contributed by atoms with van der Waals surface area (Å²) in [5, 5.41) is 5.33. The van der Waals surface area contributed by atoms with Gasteiger partial charge >= 0.3 is 0 Å². The molecule has 0 fully saturated rings. The van der Waals surface area contributed by atoms with Gasteiger partial charge in [-0.1, -0.05) is 66.7 Å². The van der Waals surface area contributed by atoms with Gasteiger partial charge in [0.25, 0.3) is 5.56 Å². The Morgan fingerprint density at radius 1 is 0.750 bits per heavy atom. The summed E-state index contributed by atoms with van der Waals surface area (Å²) < 4.78 is 3.63. The molecule has 28 heavy (non-hydrogen) atoms. The summed E-state index contributed by atoms with van der Waals surface area (Å²) in [5.41, 5.74) is 2.45. The van der Waals surface area contributed by atoms with Crippen molar-refractivity contribution in [1.29, 1.82) is 0 Å². The second-order valence-electron chi connectivity index (χ2n) is 6.42. The van der Waals surface area contributed by atoms with Crippen LogP contribution >= 0.6 is 0 Å². The van der Waals surface area contributed by atoms with Gasteiger partial charge in [-0.25, -0.2) is 0 Å². The lowest BCUT2D eigenvalue weighted by molar-refractivity contribution is 0.890. The van der Waals surface area contributed by atoms with E-state index in [-0.39, 0.29) is 5.56 Å². The monoisotopic (exact) mass is 364 g/mol. The van der Waals surface area contributed by atoms with Gasteiger partial charge in [-0.05, 0) is 35.9 Å². The van der Waals surface area contributed by atoms with E-state index in [1.54, 1.807) is 10.7 Å². The van der Waals surface area contributed by atoms with Crippen LogP contribution in [0.25, 0.3) is 34.5 Å². The number of rotatable bonds is 3. The van der Waals surface area contributed by atoms with Crippen LogP contribution in [0.15, 0.2) is 89.7 Å². The first-order valence-corrected chi connectivity index (χ1v) is 9.00. The van der Waals surface area contributed by atoms with E-state index in [1.165, 1.54) is 0 Å². The highest BCUT2D eigenvalue weighted by Crippen LogP contribution is 2.19. The van der Waals surface area contributed by atoms with Crippen molar-refractivity contribution in [2.24, 2.45) is 0 Å². The molecule has 2 heterocycles. The second-order valence-corrected chi connectivity index (χ2v) is 6.42. The van der Waals surface area contributed by atoms with Crippen molar-refractivity contribution in [2.75, 3.05) is 0 Å². The second kappa shape index (κ2) is 6.63. The molecule has 2 aromatic heterocycles. The Morgan fingerprint density at radius 3 is 2.21 bits per heavy atom. The molecule has 0 saturated carbocycles. The molecule has 134 valence electrons. The van der Waals surface area contributed by atoms with Crippen LogP contribution < -0.4 is 5.56 Å². The molecule has 5 rings (SSSR count). The minimum atomic E-state index is -0.258. The summed E-state index contributed by atoms with van der Waals surface area (Å²) in [7, 11) is 0. The maximum atomic E-state index is 12.6. The predicted octanol–water partition coefficient (Wildman–Crippen LogP) is 4.20. The van der Waals surface area contributed by atoms with Gasteiger partial charge in [0, 0.05) is 0 Å². The average Bonchev–Trinajstić information content (AvgIpc) is 3.12. The number of hydrogen-bond acceptors (Lipinski definition) is 3. The van der Waals surface area contributed by atoms with E-state index in [2.05, 4.69) is 4.98 Å². The van der Waals surface area contributed by atoms with Crippen LogP contribution in [0.5, 0.6) is 0 Å². The van der Waals surface area contributed by atoms with Crippen LogP contribution in [0.3, 0.4) is 0 Å². The van der Waals surface area contributed by atoms with Crippen molar-refractivity contribution in [2.45, 2.75) is 0 Å². The Kier molecular flexibility index (Phi) is 3.84. The minimum absolute atomic E-state index is 0.258. The van der Waals surface area contributed by atoms with Gasteiger partial charge in [-0.2, -0.15) is 9.67 Å². The first kappa shape index (κ1) is 16.2. The van der Waals surface area contributed by atoms with E-state index in [1.807, 2.05) is 95.4 Å². The molecular weight excluding hydrogens is 348 g/mol. The van der Waals surface area contributed by atoms with E-state index in [0.29, 0.717) is 17.0 Å². The molecule has 3 aromatic carbocycles. The summed E-state index contributed by atoms with van der Waals surface area (Å²) >= 11 is 0. The molecule has 0 atom stereocenters. The average molecular weight is 364 g/mol. The summed E-state index contributed by atoms with van der Waals surface area (Å²) in [4.78, 5) is 16.9. The number of hydrogen-bond donors (Lipinski definition) is 0. The van der Waals surface area contributed by atoms with Crippen molar-refractivity contribution >= 4 is 28.8 Å². The molecule has 5 aromatic rings. The Balaban J connectivity index is 1.83. The van der Waals surface area contributed by atoms with E-state index >= 15 is 0 Å². The quantitative estimate of drug-likeness (QED) is 0.482. The van der Waals surface area contributed by atoms with E-state index in [0.717, 1.165) is 16.8 Å². The smallest absolute Gasteiger partial charge is 0.267 e. The standard InChI is InChI=1S/C23H16N4O/c28-22-19-13-7-8-14-20(19)26-21(16-15-17-9-3-1-4-10-17)25-27(23(26)24-22)18-11-5-2-6-12-18/h1-16H/b16-15+. The Morgan fingerprint density at radius 2 is 1.43 bits per heavy atom. The first-order chi connectivity index (χ1) is 13.8. The molecule has 0 aliphatic heterocycles. The lowest BCUT2D eigenvalue weighted by atomic mass is 10.2. The predicted molar refractivity (Wildman–Crippen MR) is 111 cm³/mol. The van der Waals surface area contributed by atoms with Gasteiger partial charge in [0.2, 0.25) is 5.78 Å². The number of benzene rings is 3. The van der Waals surface area contributed by atoms with Crippen molar-refractivity contribution in [3.05, 3.63) is 107 Å². The van der Waals surface area contributed by atoms with Gasteiger partial charge in [-0.3, -0.25) is 9.20 Å². The maximum absolute atomic E-state index is 12.6. The summed E-state index contributed by atoms with van der Waals surface area (Å²) in [6.45, 7) is 0. The lowest BCUT2D eigenvalue weighted by Crippen LogP contribution is -2.12. The minimum Gasteiger partial charge on any atom is -0.267 e. The molecule has 5 heteroatoms. The zero-order valence-corrected chi connectivity index (χ0v) is 14.9. The fraction of sp³-hybridized carbons (Fsp3) is 0. The van der Waals surface area contributed by atoms with Crippen LogP contribution in [0.1, 0.15) is 11.4 Å². The van der Waals surface area contributed by atoms with Crippen LogP contribution in [0, 0.1) is 0 Å². The number of fused-ring (bicyclic) bond motifs is 3. The van der Waals surface area contributed by atoms with E-state index in [9.17, 15) is 4.79 Å². The largest absolute Gasteiger partial charge is 0.282 e. The Hall–Kier alpha value is -3.99. The number of aromatic nitrogens is 4. The molecular formula is C23H16N4O. The van der Waals surface area contributed by atoms with Crippen LogP contribution in [0.2, 0.25) is 0 Å². The Labute approximate surface area is 160 Å². The topological polar surface area (TPSA) is 52.2 Å². The third-order valence-electron chi connectivity index (χ3n) is 4.62. The highest BCUT2D eigenvalue weighted by molar-refractivity contribution is 5.82. The highest BCUT2D eigenvalue weighted by Gasteiger charge is 2.15. The molecule has 5 nitrogen and oxygen atoms in total. The zero-order chi connectivity index (χ0) is 18.9. The van der Waals surface area contributed by atoms with Gasteiger partial charge in [0.05, 0.1) is 16.6 Å². The van der Waals surface area contributed by atoms with E-state index in [4.69, 9.17) is 5.10 Å². The number of para-hydroxylation sites is 2. The SMILES string of the molecule is O=c1nc2n(-c3ccccc3)nc(/C=C/c3ccccc3)n2c2ccccc12. The molecule has 0 aliphatic rings. The highest BCUT2D eigenvalue weighted by atomic mass is 16.1. The zero-order valence-electron chi connectivity index (χ0n) is 14.9. The van der Waals surface area contributed by atoms with Gasteiger partial charge in [0.15, 0.2) is 5.82 Å². The Bertz CT molecular complexity index is 1370. The molecule has 0 aliphatic carbocycles. The lowest BCUT2D eigenvalue weighted by Gasteiger charge is -2.03. The summed E-state index contributed by atoms with van der Waals surface area (Å²) in [6.07, 6.45) is 3.95. The van der Waals surface area contributed by atoms with Crippen molar-refractivity contribution in [1.82, 2.24) is 19.2 Å². The summed E-state index contributed by atoms with van der Waals surface area (Å²) in [5.74, 6) is 1.19. The van der Waals surface area contributed by atoms with Gasteiger partial charge in [-0.15, -0.1) is 5.10 Å². The first-order valence-electron chi connectivity index (χ1n) is 9.00. The van der Waals surface area contributed by atoms with Crippen LogP contribution in [0.4, 0.5) is 0 Å². The van der Waals surface area contributed by atoms with Gasteiger partial charge < -0.3 is 0 Å². The van der Waals surface area contributed by atoms with Crippen LogP contribution in [-0.2, 0) is 0 Å². The normalized spacial score (nSPS) is 11.6. The van der Waals surface area contributed by atoms with E-state index < -0.39 is 0 Å². The van der Waals surface area contributed by atoms with Crippen LogP contribution in [-0.4, -0.2) is 19.2 Å². The third-order valence-corrected chi connectivity index (χ3v) is 4.62. The molecule has 0 radical (unpaired) electrons. The van der Waals surface area contributed by atoms with Crippen molar-refractivity contribution in [3.8, 4) is 5.69 Å².